The van der Waals surface area contributed by atoms with Gasteiger partial charge in [-0.15, -0.1) is 11.3 Å². The Morgan fingerprint density at radius 1 is 1.12 bits per heavy atom. The molecule has 90 valence electrons. The zero-order valence-corrected chi connectivity index (χ0v) is 11.1. The number of hydrogen-bond donors (Lipinski definition) is 1. The summed E-state index contributed by atoms with van der Waals surface area (Å²) in [5.74, 6) is 0.589. The van der Waals surface area contributed by atoms with Gasteiger partial charge in [0.25, 0.3) is 0 Å². The van der Waals surface area contributed by atoms with E-state index in [-0.39, 0.29) is 6.61 Å². The van der Waals surface area contributed by atoms with Gasteiger partial charge in [-0.1, -0.05) is 38.1 Å². The van der Waals surface area contributed by atoms with Crippen LogP contribution < -0.4 is 0 Å². The molecule has 0 bridgehead atoms. The highest BCUT2D eigenvalue weighted by atomic mass is 32.1. The molecule has 1 heterocycles. The monoisotopic (exact) mass is 246 g/mol. The number of rotatable bonds is 4. The number of hydrogen-bond acceptors (Lipinski definition) is 2. The zero-order chi connectivity index (χ0) is 12.3. The van der Waals surface area contributed by atoms with Gasteiger partial charge in [0.2, 0.25) is 0 Å². The molecule has 0 saturated carbocycles. The van der Waals surface area contributed by atoms with Crippen LogP contribution in [0, 0.1) is 0 Å². The summed E-state index contributed by atoms with van der Waals surface area (Å²) in [6.07, 6.45) is 0.953. The Hall–Kier alpha value is -1.12. The molecule has 0 aliphatic rings. The fourth-order valence-corrected chi connectivity index (χ4v) is 2.61. The van der Waals surface area contributed by atoms with E-state index >= 15 is 0 Å². The fourth-order valence-electron chi connectivity index (χ4n) is 1.86. The Balaban J connectivity index is 2.08. The largest absolute Gasteiger partial charge is 0.391 e. The second-order valence-corrected chi connectivity index (χ2v) is 5.65. The van der Waals surface area contributed by atoms with E-state index in [1.54, 1.807) is 11.3 Å². The molecule has 0 saturated heterocycles. The maximum Gasteiger partial charge on any atom is 0.0774 e. The van der Waals surface area contributed by atoms with Gasteiger partial charge in [-0.05, 0) is 40.5 Å². The summed E-state index contributed by atoms with van der Waals surface area (Å²) in [7, 11) is 0. The van der Waals surface area contributed by atoms with E-state index in [0.717, 1.165) is 11.3 Å². The smallest absolute Gasteiger partial charge is 0.0774 e. The van der Waals surface area contributed by atoms with Crippen LogP contribution >= 0.6 is 11.3 Å². The van der Waals surface area contributed by atoms with Crippen LogP contribution in [0.2, 0.25) is 0 Å². The highest BCUT2D eigenvalue weighted by Gasteiger charge is 2.02. The standard InChI is InChI=1S/C15H18OS/c1-11(2)14-5-3-12(4-6-14)7-13-8-15(9-16)17-10-13/h3-6,8,10-11,16H,7,9H2,1-2H3. The summed E-state index contributed by atoms with van der Waals surface area (Å²) in [5, 5.41) is 11.2. The first-order valence-corrected chi connectivity index (χ1v) is 6.83. The van der Waals surface area contributed by atoms with E-state index in [9.17, 15) is 0 Å². The fraction of sp³-hybridized carbons (Fsp3) is 0.333. The number of aliphatic hydroxyl groups is 1. The van der Waals surface area contributed by atoms with Gasteiger partial charge in [0.1, 0.15) is 0 Å². The van der Waals surface area contributed by atoms with Gasteiger partial charge in [-0.3, -0.25) is 0 Å². The van der Waals surface area contributed by atoms with Crippen LogP contribution in [0.25, 0.3) is 0 Å². The van der Waals surface area contributed by atoms with Gasteiger partial charge in [0.05, 0.1) is 6.61 Å². The third-order valence-electron chi connectivity index (χ3n) is 2.92. The van der Waals surface area contributed by atoms with Gasteiger partial charge >= 0.3 is 0 Å². The molecule has 0 unspecified atom stereocenters. The lowest BCUT2D eigenvalue weighted by Crippen LogP contribution is -1.90. The molecule has 0 aliphatic carbocycles. The van der Waals surface area contributed by atoms with Gasteiger partial charge in [-0.25, -0.2) is 0 Å². The molecule has 0 spiro atoms. The number of aliphatic hydroxyl groups excluding tert-OH is 1. The number of benzene rings is 1. The van der Waals surface area contributed by atoms with Gasteiger partial charge in [0, 0.05) is 4.88 Å². The predicted molar refractivity (Wildman–Crippen MR) is 73.6 cm³/mol. The van der Waals surface area contributed by atoms with E-state index in [4.69, 9.17) is 5.11 Å². The van der Waals surface area contributed by atoms with Crippen LogP contribution in [-0.2, 0) is 13.0 Å². The molecule has 0 radical (unpaired) electrons. The predicted octanol–water partition coefficient (Wildman–Crippen LogP) is 3.95. The average molecular weight is 246 g/mol. The topological polar surface area (TPSA) is 20.2 Å². The molecule has 2 aromatic rings. The molecule has 2 rings (SSSR count). The molecule has 0 atom stereocenters. The highest BCUT2D eigenvalue weighted by molar-refractivity contribution is 7.10. The summed E-state index contributed by atoms with van der Waals surface area (Å²) < 4.78 is 0. The molecule has 1 N–H and O–H groups in total. The molecular formula is C15H18OS. The van der Waals surface area contributed by atoms with Crippen molar-refractivity contribution >= 4 is 11.3 Å². The molecule has 0 amide bonds. The molecule has 17 heavy (non-hydrogen) atoms. The third-order valence-corrected chi connectivity index (χ3v) is 3.89. The van der Waals surface area contributed by atoms with Crippen LogP contribution in [0.4, 0.5) is 0 Å². The van der Waals surface area contributed by atoms with Crippen LogP contribution in [-0.4, -0.2) is 5.11 Å². The average Bonchev–Trinajstić information content (AvgIpc) is 2.77. The normalized spacial score (nSPS) is 11.1. The Morgan fingerprint density at radius 3 is 2.35 bits per heavy atom. The Kier molecular flexibility index (Phi) is 3.97. The molecule has 2 heteroatoms. The SMILES string of the molecule is CC(C)c1ccc(Cc2csc(CO)c2)cc1. The second kappa shape index (κ2) is 5.48. The van der Waals surface area contributed by atoms with E-state index in [2.05, 4.69) is 49.6 Å². The second-order valence-electron chi connectivity index (χ2n) is 4.65. The van der Waals surface area contributed by atoms with Crippen LogP contribution in [0.15, 0.2) is 35.7 Å². The first-order valence-electron chi connectivity index (χ1n) is 5.95. The van der Waals surface area contributed by atoms with Crippen molar-refractivity contribution in [2.45, 2.75) is 32.8 Å². The van der Waals surface area contributed by atoms with Crippen molar-refractivity contribution in [2.24, 2.45) is 0 Å². The van der Waals surface area contributed by atoms with Crippen molar-refractivity contribution in [3.8, 4) is 0 Å². The first-order chi connectivity index (χ1) is 8.19. The minimum Gasteiger partial charge on any atom is -0.391 e. The van der Waals surface area contributed by atoms with Gasteiger partial charge < -0.3 is 5.11 Å². The van der Waals surface area contributed by atoms with E-state index in [0.29, 0.717) is 5.92 Å². The lowest BCUT2D eigenvalue weighted by Gasteiger charge is -2.06. The van der Waals surface area contributed by atoms with E-state index in [1.807, 2.05) is 0 Å². The summed E-state index contributed by atoms with van der Waals surface area (Å²) in [6, 6.07) is 10.9. The maximum atomic E-state index is 9.02. The molecule has 0 fully saturated rings. The van der Waals surface area contributed by atoms with Crippen molar-refractivity contribution in [1.29, 1.82) is 0 Å². The maximum absolute atomic E-state index is 9.02. The Labute approximate surface area is 107 Å². The summed E-state index contributed by atoms with van der Waals surface area (Å²) in [4.78, 5) is 1.04. The summed E-state index contributed by atoms with van der Waals surface area (Å²) in [6.45, 7) is 4.57. The summed E-state index contributed by atoms with van der Waals surface area (Å²) in [5.41, 5.74) is 4.00. The van der Waals surface area contributed by atoms with Crippen molar-refractivity contribution < 1.29 is 5.11 Å². The van der Waals surface area contributed by atoms with E-state index < -0.39 is 0 Å². The van der Waals surface area contributed by atoms with E-state index in [1.165, 1.54) is 16.7 Å². The van der Waals surface area contributed by atoms with Gasteiger partial charge in [-0.2, -0.15) is 0 Å². The number of thiophene rings is 1. The Bertz CT molecular complexity index is 468. The van der Waals surface area contributed by atoms with Crippen molar-refractivity contribution in [3.63, 3.8) is 0 Å². The summed E-state index contributed by atoms with van der Waals surface area (Å²) >= 11 is 1.63. The lowest BCUT2D eigenvalue weighted by molar-refractivity contribution is 0.285. The Morgan fingerprint density at radius 2 is 1.82 bits per heavy atom. The van der Waals surface area contributed by atoms with Crippen LogP contribution in [0.1, 0.15) is 41.3 Å². The molecule has 1 nitrogen and oxygen atoms in total. The van der Waals surface area contributed by atoms with Crippen molar-refractivity contribution in [1.82, 2.24) is 0 Å². The molecular weight excluding hydrogens is 228 g/mol. The quantitative estimate of drug-likeness (QED) is 0.866. The van der Waals surface area contributed by atoms with Gasteiger partial charge in [0.15, 0.2) is 0 Å². The van der Waals surface area contributed by atoms with Crippen LogP contribution in [0.5, 0.6) is 0 Å². The molecule has 1 aromatic carbocycles. The molecule has 0 aliphatic heterocycles. The minimum absolute atomic E-state index is 0.150. The molecule has 1 aromatic heterocycles. The highest BCUT2D eigenvalue weighted by Crippen LogP contribution is 2.20. The zero-order valence-electron chi connectivity index (χ0n) is 10.3. The third kappa shape index (κ3) is 3.18. The van der Waals surface area contributed by atoms with Crippen molar-refractivity contribution in [3.05, 3.63) is 57.3 Å². The minimum atomic E-state index is 0.150. The lowest BCUT2D eigenvalue weighted by atomic mass is 10.00. The first kappa shape index (κ1) is 12.3. The van der Waals surface area contributed by atoms with Crippen molar-refractivity contribution in [2.75, 3.05) is 0 Å². The van der Waals surface area contributed by atoms with Crippen LogP contribution in [0.3, 0.4) is 0 Å².